The van der Waals surface area contributed by atoms with Gasteiger partial charge < -0.3 is 5.32 Å². The predicted octanol–water partition coefficient (Wildman–Crippen LogP) is 4.12. The molecule has 0 saturated carbocycles. The Morgan fingerprint density at radius 3 is 2.35 bits per heavy atom. The van der Waals surface area contributed by atoms with Gasteiger partial charge in [0, 0.05) is 0 Å². The van der Waals surface area contributed by atoms with Crippen LogP contribution in [0.3, 0.4) is 0 Å². The molecule has 0 atom stereocenters. The number of nitrogens with one attached hydrogen (secondary N) is 2. The molecule has 6 nitrogen and oxygen atoms in total. The zero-order valence-electron chi connectivity index (χ0n) is 13.6. The van der Waals surface area contributed by atoms with Crippen molar-refractivity contribution in [3.63, 3.8) is 0 Å². The van der Waals surface area contributed by atoms with Crippen LogP contribution >= 0.6 is 11.6 Å². The van der Waals surface area contributed by atoms with Gasteiger partial charge in [-0.25, -0.2) is 12.8 Å². The number of benzene rings is 2. The Hall–Kier alpha value is -2.71. The van der Waals surface area contributed by atoms with Crippen molar-refractivity contribution in [3.8, 4) is 0 Å². The lowest BCUT2D eigenvalue weighted by molar-refractivity contribution is 0.598. The summed E-state index contributed by atoms with van der Waals surface area (Å²) in [6.07, 6.45) is 0. The Kier molecular flexibility index (Phi) is 5.06. The van der Waals surface area contributed by atoms with Crippen molar-refractivity contribution in [2.24, 2.45) is 0 Å². The molecular formula is C17H14ClFN4O2S. The molecule has 2 N–H and O–H groups in total. The highest BCUT2D eigenvalue weighted by molar-refractivity contribution is 7.92. The molecule has 134 valence electrons. The third kappa shape index (κ3) is 4.09. The van der Waals surface area contributed by atoms with E-state index in [4.69, 9.17) is 11.6 Å². The lowest BCUT2D eigenvalue weighted by Crippen LogP contribution is -2.15. The second-order valence-corrected chi connectivity index (χ2v) is 7.48. The summed E-state index contributed by atoms with van der Waals surface area (Å²) in [6, 6.07) is 13.6. The molecule has 0 fully saturated rings. The topological polar surface area (TPSA) is 84.0 Å². The number of halogens is 2. The molecule has 9 heteroatoms. The van der Waals surface area contributed by atoms with Crippen LogP contribution in [0.15, 0.2) is 59.5 Å². The van der Waals surface area contributed by atoms with E-state index in [2.05, 4.69) is 20.2 Å². The maximum atomic E-state index is 13.2. The minimum atomic E-state index is -3.90. The average Bonchev–Trinajstić information content (AvgIpc) is 2.58. The smallest absolute Gasteiger partial charge is 0.263 e. The normalized spacial score (nSPS) is 11.2. The van der Waals surface area contributed by atoms with E-state index < -0.39 is 15.8 Å². The van der Waals surface area contributed by atoms with Crippen LogP contribution in [0.2, 0.25) is 5.02 Å². The second kappa shape index (κ2) is 7.27. The van der Waals surface area contributed by atoms with Gasteiger partial charge in [0.15, 0.2) is 11.6 Å². The summed E-state index contributed by atoms with van der Waals surface area (Å²) in [5.41, 5.74) is 0.946. The van der Waals surface area contributed by atoms with Crippen molar-refractivity contribution < 1.29 is 12.8 Å². The van der Waals surface area contributed by atoms with E-state index >= 15 is 0 Å². The van der Waals surface area contributed by atoms with Gasteiger partial charge in [-0.2, -0.15) is 0 Å². The number of aryl methyl sites for hydroxylation is 1. The molecule has 0 aliphatic heterocycles. The molecule has 0 spiro atoms. The Labute approximate surface area is 155 Å². The van der Waals surface area contributed by atoms with Gasteiger partial charge in [0.2, 0.25) is 0 Å². The second-order valence-electron chi connectivity index (χ2n) is 5.42. The van der Waals surface area contributed by atoms with Crippen molar-refractivity contribution in [2.45, 2.75) is 11.8 Å². The largest absolute Gasteiger partial charge is 0.338 e. The van der Waals surface area contributed by atoms with E-state index in [9.17, 15) is 12.8 Å². The summed E-state index contributed by atoms with van der Waals surface area (Å²) in [6.45, 7) is 1.51. The van der Waals surface area contributed by atoms with Crippen LogP contribution in [-0.2, 0) is 10.0 Å². The summed E-state index contributed by atoms with van der Waals surface area (Å²) < 4.78 is 40.3. The summed E-state index contributed by atoms with van der Waals surface area (Å²) in [4.78, 5) is -0.0287. The number of sulfonamides is 1. The first-order valence-electron chi connectivity index (χ1n) is 7.49. The fourth-order valence-corrected chi connectivity index (χ4v) is 3.67. The van der Waals surface area contributed by atoms with E-state index in [-0.39, 0.29) is 10.7 Å². The molecule has 2 aromatic carbocycles. The van der Waals surface area contributed by atoms with Crippen LogP contribution in [0.1, 0.15) is 5.56 Å². The minimum Gasteiger partial charge on any atom is -0.338 e. The highest BCUT2D eigenvalue weighted by Gasteiger charge is 2.18. The van der Waals surface area contributed by atoms with E-state index in [1.54, 1.807) is 24.3 Å². The summed E-state index contributed by atoms with van der Waals surface area (Å²) >= 11 is 6.06. The van der Waals surface area contributed by atoms with Gasteiger partial charge in [0.1, 0.15) is 5.82 Å². The Bertz CT molecular complexity index is 1040. The molecule has 0 aliphatic rings. The summed E-state index contributed by atoms with van der Waals surface area (Å²) in [5.74, 6) is -0.0614. The maximum Gasteiger partial charge on any atom is 0.263 e. The molecule has 1 heterocycles. The lowest BCUT2D eigenvalue weighted by Gasteiger charge is -2.10. The Morgan fingerprint density at radius 1 is 1.00 bits per heavy atom. The van der Waals surface area contributed by atoms with E-state index in [0.717, 1.165) is 12.1 Å². The molecule has 0 radical (unpaired) electrons. The van der Waals surface area contributed by atoms with Crippen molar-refractivity contribution in [1.29, 1.82) is 0 Å². The fourth-order valence-electron chi connectivity index (χ4n) is 2.26. The van der Waals surface area contributed by atoms with Crippen LogP contribution in [0.4, 0.5) is 21.7 Å². The number of hydrogen-bond donors (Lipinski definition) is 2. The number of anilines is 3. The molecule has 0 amide bonds. The third-order valence-electron chi connectivity index (χ3n) is 3.47. The van der Waals surface area contributed by atoms with E-state index in [1.165, 1.54) is 19.1 Å². The van der Waals surface area contributed by atoms with Gasteiger partial charge in [0.05, 0.1) is 15.6 Å². The van der Waals surface area contributed by atoms with Crippen LogP contribution in [-0.4, -0.2) is 18.6 Å². The van der Waals surface area contributed by atoms with Gasteiger partial charge in [-0.05, 0) is 55.0 Å². The standard InChI is InChI=1S/C17H14ClFN4O2S/c1-11-10-12(19)6-7-15(11)26(24,25)23-17-9-8-16(21-22-17)20-14-5-3-2-4-13(14)18/h2-10H,1H3,(H,20,21)(H,22,23). The zero-order chi connectivity index (χ0) is 18.7. The molecule has 0 unspecified atom stereocenters. The molecule has 26 heavy (non-hydrogen) atoms. The van der Waals surface area contributed by atoms with Crippen LogP contribution in [0.5, 0.6) is 0 Å². The van der Waals surface area contributed by atoms with Gasteiger partial charge in [-0.15, -0.1) is 10.2 Å². The van der Waals surface area contributed by atoms with Gasteiger partial charge in [-0.1, -0.05) is 23.7 Å². The lowest BCUT2D eigenvalue weighted by atomic mass is 10.2. The van der Waals surface area contributed by atoms with E-state index in [0.29, 0.717) is 22.1 Å². The first-order chi connectivity index (χ1) is 12.3. The van der Waals surface area contributed by atoms with Gasteiger partial charge in [0.25, 0.3) is 10.0 Å². The van der Waals surface area contributed by atoms with Crippen LogP contribution in [0, 0.1) is 12.7 Å². The van der Waals surface area contributed by atoms with Crippen LogP contribution in [0.25, 0.3) is 0 Å². The third-order valence-corrected chi connectivity index (χ3v) is 5.31. The number of rotatable bonds is 5. The summed E-state index contributed by atoms with van der Waals surface area (Å²) in [5, 5.41) is 11.3. The first kappa shape index (κ1) is 18.1. The highest BCUT2D eigenvalue weighted by atomic mass is 35.5. The van der Waals surface area contributed by atoms with Gasteiger partial charge in [-0.3, -0.25) is 4.72 Å². The molecule has 0 saturated heterocycles. The van der Waals surface area contributed by atoms with E-state index in [1.807, 2.05) is 6.07 Å². The van der Waals surface area contributed by atoms with Crippen molar-refractivity contribution in [1.82, 2.24) is 10.2 Å². The summed E-state index contributed by atoms with van der Waals surface area (Å²) in [7, 11) is -3.90. The Morgan fingerprint density at radius 2 is 1.69 bits per heavy atom. The zero-order valence-corrected chi connectivity index (χ0v) is 15.1. The molecule has 3 rings (SSSR count). The van der Waals surface area contributed by atoms with Crippen molar-refractivity contribution >= 4 is 38.9 Å². The van der Waals surface area contributed by atoms with Crippen molar-refractivity contribution in [2.75, 3.05) is 10.0 Å². The predicted molar refractivity (Wildman–Crippen MR) is 98.7 cm³/mol. The quantitative estimate of drug-likeness (QED) is 0.682. The maximum absolute atomic E-state index is 13.2. The monoisotopic (exact) mass is 392 g/mol. The number of aromatic nitrogens is 2. The van der Waals surface area contributed by atoms with Crippen LogP contribution < -0.4 is 10.0 Å². The fraction of sp³-hybridized carbons (Fsp3) is 0.0588. The SMILES string of the molecule is Cc1cc(F)ccc1S(=O)(=O)Nc1ccc(Nc2ccccc2Cl)nn1. The highest BCUT2D eigenvalue weighted by Crippen LogP contribution is 2.24. The number of nitrogens with zero attached hydrogens (tertiary/aromatic N) is 2. The van der Waals surface area contributed by atoms with Gasteiger partial charge >= 0.3 is 0 Å². The first-order valence-corrected chi connectivity index (χ1v) is 9.35. The van der Waals surface area contributed by atoms with Crippen molar-refractivity contribution in [3.05, 3.63) is 71.0 Å². The molecule has 3 aromatic rings. The molecule has 1 aromatic heterocycles. The molecule has 0 bridgehead atoms. The number of hydrogen-bond acceptors (Lipinski definition) is 5. The number of para-hydroxylation sites is 1. The minimum absolute atomic E-state index is 0.0287. The molecule has 0 aliphatic carbocycles. The Balaban J connectivity index is 1.77. The average molecular weight is 393 g/mol. The molecular weight excluding hydrogens is 379 g/mol.